The van der Waals surface area contributed by atoms with Crippen molar-refractivity contribution in [3.05, 3.63) is 59.2 Å². The summed E-state index contributed by atoms with van der Waals surface area (Å²) in [5.74, 6) is 0.415. The molecule has 4 nitrogen and oxygen atoms in total. The molecular formula is C25H35N3O. The van der Waals surface area contributed by atoms with Crippen molar-refractivity contribution in [3.63, 3.8) is 0 Å². The smallest absolute Gasteiger partial charge is 0.123 e. The zero-order chi connectivity index (χ0) is 21.2. The van der Waals surface area contributed by atoms with Gasteiger partial charge in [-0.25, -0.2) is 0 Å². The van der Waals surface area contributed by atoms with Crippen LogP contribution in [0.15, 0.2) is 47.6 Å². The number of benzene rings is 2. The molecule has 0 atom stereocenters. The topological polar surface area (TPSA) is 39.1 Å². The number of para-hydroxylation sites is 1. The summed E-state index contributed by atoms with van der Waals surface area (Å²) in [4.78, 5) is 2.40. The van der Waals surface area contributed by atoms with Crippen LogP contribution in [0.2, 0.25) is 0 Å². The second-order valence-electron chi connectivity index (χ2n) is 9.99. The van der Waals surface area contributed by atoms with E-state index in [1.807, 2.05) is 6.21 Å². The second kappa shape index (κ2) is 8.10. The van der Waals surface area contributed by atoms with Gasteiger partial charge < -0.3 is 10.0 Å². The second-order valence-corrected chi connectivity index (χ2v) is 9.99. The molecule has 29 heavy (non-hydrogen) atoms. The number of piperazine rings is 1. The Morgan fingerprint density at radius 3 is 1.83 bits per heavy atom. The Balaban J connectivity index is 1.77. The van der Waals surface area contributed by atoms with E-state index < -0.39 is 0 Å². The monoisotopic (exact) mass is 393 g/mol. The van der Waals surface area contributed by atoms with Crippen LogP contribution in [0.4, 0.5) is 5.69 Å². The van der Waals surface area contributed by atoms with Crippen LogP contribution in [0, 0.1) is 0 Å². The van der Waals surface area contributed by atoms with Crippen molar-refractivity contribution in [2.75, 3.05) is 31.1 Å². The lowest BCUT2D eigenvalue weighted by molar-refractivity contribution is 0.272. The van der Waals surface area contributed by atoms with Gasteiger partial charge in [0, 0.05) is 29.9 Å². The Labute approximate surface area is 175 Å². The van der Waals surface area contributed by atoms with E-state index >= 15 is 0 Å². The number of hydrazone groups is 1. The number of hydrogen-bond donors (Lipinski definition) is 1. The fraction of sp³-hybridized carbons (Fsp3) is 0.480. The quantitative estimate of drug-likeness (QED) is 0.734. The van der Waals surface area contributed by atoms with Gasteiger partial charge in [0.25, 0.3) is 0 Å². The highest BCUT2D eigenvalue weighted by atomic mass is 16.3. The molecule has 0 amide bonds. The molecule has 1 saturated heterocycles. The highest BCUT2D eigenvalue weighted by Crippen LogP contribution is 2.39. The summed E-state index contributed by atoms with van der Waals surface area (Å²) in [6.45, 7) is 16.6. The number of phenolic OH excluding ortho intramolecular Hbond substituents is 1. The van der Waals surface area contributed by atoms with Crippen molar-refractivity contribution in [2.24, 2.45) is 5.10 Å². The maximum absolute atomic E-state index is 10.9. The van der Waals surface area contributed by atoms with Crippen molar-refractivity contribution >= 4 is 11.9 Å². The van der Waals surface area contributed by atoms with Crippen LogP contribution < -0.4 is 4.90 Å². The van der Waals surface area contributed by atoms with Crippen LogP contribution in [0.1, 0.15) is 58.2 Å². The molecule has 3 rings (SSSR count). The molecule has 1 aliphatic rings. The molecule has 1 N–H and O–H groups in total. The van der Waals surface area contributed by atoms with E-state index in [0.29, 0.717) is 5.75 Å². The third-order valence-corrected chi connectivity index (χ3v) is 5.50. The van der Waals surface area contributed by atoms with Gasteiger partial charge in [0.05, 0.1) is 19.3 Å². The lowest BCUT2D eigenvalue weighted by Crippen LogP contribution is -2.44. The van der Waals surface area contributed by atoms with Crippen molar-refractivity contribution in [2.45, 2.75) is 52.4 Å². The summed E-state index contributed by atoms with van der Waals surface area (Å²) in [5.41, 5.74) is 4.01. The molecule has 0 saturated carbocycles. The molecule has 0 bridgehead atoms. The van der Waals surface area contributed by atoms with Gasteiger partial charge in [0.1, 0.15) is 5.75 Å². The molecule has 0 radical (unpaired) electrons. The number of nitrogens with zero attached hydrogens (tertiary/aromatic N) is 3. The number of anilines is 1. The lowest BCUT2D eigenvalue weighted by Gasteiger charge is -2.34. The predicted molar refractivity (Wildman–Crippen MR) is 123 cm³/mol. The summed E-state index contributed by atoms with van der Waals surface area (Å²) in [5, 5.41) is 17.8. The maximum Gasteiger partial charge on any atom is 0.123 e. The van der Waals surface area contributed by atoms with E-state index in [1.54, 1.807) is 0 Å². The fourth-order valence-corrected chi connectivity index (χ4v) is 3.73. The van der Waals surface area contributed by atoms with E-state index in [1.165, 1.54) is 5.69 Å². The Bertz CT molecular complexity index is 817. The molecule has 0 spiro atoms. The molecule has 1 aliphatic heterocycles. The molecule has 0 aromatic heterocycles. The zero-order valence-electron chi connectivity index (χ0n) is 18.7. The Morgan fingerprint density at radius 1 is 0.828 bits per heavy atom. The number of phenols is 1. The minimum atomic E-state index is -0.130. The molecule has 0 unspecified atom stereocenters. The standard InChI is InChI=1S/C25H35N3O/c1-24(2,3)21-16-19(17-22(23(21)29)25(4,5)6)18-26-28-14-12-27(13-15-28)20-10-8-7-9-11-20/h7-11,16-18,29H,12-15H2,1-6H3/b26-18+. The average Bonchev–Trinajstić information content (AvgIpc) is 2.66. The largest absolute Gasteiger partial charge is 0.507 e. The highest BCUT2D eigenvalue weighted by molar-refractivity contribution is 5.81. The summed E-state index contributed by atoms with van der Waals surface area (Å²) in [6, 6.07) is 14.7. The first kappa shape index (κ1) is 21.2. The molecule has 156 valence electrons. The normalized spacial score (nSPS) is 15.9. The van der Waals surface area contributed by atoms with Crippen LogP contribution in [-0.2, 0) is 10.8 Å². The van der Waals surface area contributed by atoms with Crippen molar-refractivity contribution < 1.29 is 5.11 Å². The molecule has 4 heteroatoms. The van der Waals surface area contributed by atoms with Gasteiger partial charge in [-0.3, -0.25) is 5.01 Å². The van der Waals surface area contributed by atoms with E-state index in [9.17, 15) is 5.11 Å². The van der Waals surface area contributed by atoms with Gasteiger partial charge >= 0.3 is 0 Å². The first-order chi connectivity index (χ1) is 13.6. The summed E-state index contributed by atoms with van der Waals surface area (Å²) < 4.78 is 0. The van der Waals surface area contributed by atoms with E-state index in [2.05, 4.69) is 93.9 Å². The Morgan fingerprint density at radius 2 is 1.34 bits per heavy atom. The number of aromatic hydroxyl groups is 1. The van der Waals surface area contributed by atoms with Gasteiger partial charge in [-0.2, -0.15) is 5.10 Å². The number of hydrogen-bond acceptors (Lipinski definition) is 4. The van der Waals surface area contributed by atoms with Crippen molar-refractivity contribution in [3.8, 4) is 5.75 Å². The van der Waals surface area contributed by atoms with Crippen LogP contribution >= 0.6 is 0 Å². The van der Waals surface area contributed by atoms with Crippen LogP contribution in [0.3, 0.4) is 0 Å². The minimum absolute atomic E-state index is 0.130. The Hall–Kier alpha value is -2.49. The summed E-state index contributed by atoms with van der Waals surface area (Å²) >= 11 is 0. The van der Waals surface area contributed by atoms with Gasteiger partial charge in [-0.1, -0.05) is 59.7 Å². The van der Waals surface area contributed by atoms with Crippen molar-refractivity contribution in [1.82, 2.24) is 5.01 Å². The fourth-order valence-electron chi connectivity index (χ4n) is 3.73. The van der Waals surface area contributed by atoms with Gasteiger partial charge in [-0.05, 0) is 40.7 Å². The zero-order valence-corrected chi connectivity index (χ0v) is 18.7. The first-order valence-corrected chi connectivity index (χ1v) is 10.5. The van der Waals surface area contributed by atoms with Crippen molar-refractivity contribution in [1.29, 1.82) is 0 Å². The minimum Gasteiger partial charge on any atom is -0.507 e. The van der Waals surface area contributed by atoms with Crippen LogP contribution in [0.25, 0.3) is 0 Å². The third kappa shape index (κ3) is 5.11. The van der Waals surface area contributed by atoms with Gasteiger partial charge in [0.2, 0.25) is 0 Å². The predicted octanol–water partition coefficient (Wildman–Crippen LogP) is 5.14. The molecule has 2 aromatic carbocycles. The average molecular weight is 394 g/mol. The van der Waals surface area contributed by atoms with Crippen LogP contribution in [-0.4, -0.2) is 42.5 Å². The molecule has 0 aliphatic carbocycles. The third-order valence-electron chi connectivity index (χ3n) is 5.50. The van der Waals surface area contributed by atoms with E-state index in [-0.39, 0.29) is 10.8 Å². The maximum atomic E-state index is 10.9. The summed E-state index contributed by atoms with van der Waals surface area (Å²) in [6.07, 6.45) is 1.95. The van der Waals surface area contributed by atoms with Crippen LogP contribution in [0.5, 0.6) is 5.75 Å². The van der Waals surface area contributed by atoms with E-state index in [4.69, 9.17) is 5.10 Å². The summed E-state index contributed by atoms with van der Waals surface area (Å²) in [7, 11) is 0. The van der Waals surface area contributed by atoms with Gasteiger partial charge in [-0.15, -0.1) is 0 Å². The highest BCUT2D eigenvalue weighted by Gasteiger charge is 2.26. The Kier molecular flexibility index (Phi) is 5.92. The molecule has 1 heterocycles. The molecule has 2 aromatic rings. The molecular weight excluding hydrogens is 358 g/mol. The lowest BCUT2D eigenvalue weighted by atomic mass is 9.78. The van der Waals surface area contributed by atoms with E-state index in [0.717, 1.165) is 42.9 Å². The van der Waals surface area contributed by atoms with Gasteiger partial charge in [0.15, 0.2) is 0 Å². The first-order valence-electron chi connectivity index (χ1n) is 10.5. The molecule has 1 fully saturated rings. The number of rotatable bonds is 3. The SMILES string of the molecule is CC(C)(C)c1cc(/C=N/N2CCN(c3ccccc3)CC2)cc(C(C)(C)C)c1O.